The zero-order chi connectivity index (χ0) is 12.1. The monoisotopic (exact) mass is 350 g/mol. The number of amides is 1. The van der Waals surface area contributed by atoms with E-state index in [4.69, 9.17) is 0 Å². The van der Waals surface area contributed by atoms with Gasteiger partial charge in [0, 0.05) is 30.7 Å². The van der Waals surface area contributed by atoms with Crippen molar-refractivity contribution >= 4 is 37.8 Å². The van der Waals surface area contributed by atoms with Gasteiger partial charge < -0.3 is 9.88 Å². The molecule has 0 aliphatic carbocycles. The minimum absolute atomic E-state index is 0.0119. The highest BCUT2D eigenvalue weighted by molar-refractivity contribution is 9.11. The summed E-state index contributed by atoms with van der Waals surface area (Å²) < 4.78 is 2.93. The fraction of sp³-hybridized carbons (Fsp3) is 0.400. The van der Waals surface area contributed by atoms with Gasteiger partial charge in [-0.15, -0.1) is 0 Å². The van der Waals surface area contributed by atoms with Crippen LogP contribution in [-0.2, 0) is 11.3 Å². The molecule has 4 nitrogen and oxygen atoms in total. The SMILES string of the molecule is CNC(=O)CCCn1cc(Br)cc(Br)c1=O. The summed E-state index contributed by atoms with van der Waals surface area (Å²) in [5.74, 6) is -0.0119. The largest absolute Gasteiger partial charge is 0.359 e. The van der Waals surface area contributed by atoms with Crippen LogP contribution in [0.2, 0.25) is 0 Å². The van der Waals surface area contributed by atoms with Crippen LogP contribution in [0, 0.1) is 0 Å². The third-order valence-corrected chi connectivity index (χ3v) is 3.09. The van der Waals surface area contributed by atoms with Gasteiger partial charge >= 0.3 is 0 Å². The standard InChI is InChI=1S/C10H12Br2N2O2/c1-13-9(15)3-2-4-14-6-7(11)5-8(12)10(14)16/h5-6H,2-4H2,1H3,(H,13,15). The van der Waals surface area contributed by atoms with Crippen molar-refractivity contribution in [1.29, 1.82) is 0 Å². The van der Waals surface area contributed by atoms with E-state index in [0.717, 1.165) is 4.47 Å². The smallest absolute Gasteiger partial charge is 0.264 e. The van der Waals surface area contributed by atoms with E-state index in [1.807, 2.05) is 0 Å². The summed E-state index contributed by atoms with van der Waals surface area (Å²) in [7, 11) is 1.60. The number of hydrogen-bond donors (Lipinski definition) is 1. The Morgan fingerprint density at radius 1 is 1.50 bits per heavy atom. The Bertz CT molecular complexity index is 443. The van der Waals surface area contributed by atoms with E-state index in [1.54, 1.807) is 23.9 Å². The van der Waals surface area contributed by atoms with Gasteiger partial charge in [0.05, 0.1) is 4.47 Å². The Morgan fingerprint density at radius 2 is 2.19 bits per heavy atom. The van der Waals surface area contributed by atoms with Crippen molar-refractivity contribution in [2.75, 3.05) is 7.05 Å². The third-order valence-electron chi connectivity index (χ3n) is 2.09. The Balaban J connectivity index is 2.67. The zero-order valence-corrected chi connectivity index (χ0v) is 12.0. The molecule has 0 atom stereocenters. The summed E-state index contributed by atoms with van der Waals surface area (Å²) in [6.07, 6.45) is 2.78. The highest BCUT2D eigenvalue weighted by atomic mass is 79.9. The average Bonchev–Trinajstić information content (AvgIpc) is 2.24. The molecular weight excluding hydrogens is 340 g/mol. The van der Waals surface area contributed by atoms with Crippen LogP contribution < -0.4 is 10.9 Å². The van der Waals surface area contributed by atoms with Crippen LogP contribution >= 0.6 is 31.9 Å². The predicted octanol–water partition coefficient (Wildman–Crippen LogP) is 1.90. The first kappa shape index (κ1) is 13.4. The predicted molar refractivity (Wildman–Crippen MR) is 69.4 cm³/mol. The summed E-state index contributed by atoms with van der Waals surface area (Å²) in [4.78, 5) is 22.7. The minimum atomic E-state index is -0.0832. The molecule has 1 aromatic heterocycles. The molecule has 0 radical (unpaired) electrons. The van der Waals surface area contributed by atoms with Gasteiger partial charge in [0.2, 0.25) is 5.91 Å². The van der Waals surface area contributed by atoms with Crippen molar-refractivity contribution < 1.29 is 4.79 Å². The molecule has 0 aliphatic rings. The summed E-state index contributed by atoms with van der Waals surface area (Å²) >= 11 is 6.50. The first-order chi connectivity index (χ1) is 7.54. The number of aromatic nitrogens is 1. The molecule has 1 aromatic rings. The number of aryl methyl sites for hydroxylation is 1. The van der Waals surface area contributed by atoms with Gasteiger partial charge in [0.25, 0.3) is 5.56 Å². The van der Waals surface area contributed by atoms with Crippen molar-refractivity contribution in [2.45, 2.75) is 19.4 Å². The maximum atomic E-state index is 11.7. The molecule has 0 bridgehead atoms. The lowest BCUT2D eigenvalue weighted by Crippen LogP contribution is -2.22. The Morgan fingerprint density at radius 3 is 2.81 bits per heavy atom. The zero-order valence-electron chi connectivity index (χ0n) is 8.80. The van der Waals surface area contributed by atoms with Crippen LogP contribution in [0.3, 0.4) is 0 Å². The van der Waals surface area contributed by atoms with Crippen LogP contribution in [-0.4, -0.2) is 17.5 Å². The maximum Gasteiger partial charge on any atom is 0.264 e. The number of carbonyl (C=O) groups excluding carboxylic acids is 1. The van der Waals surface area contributed by atoms with Crippen LogP contribution in [0.4, 0.5) is 0 Å². The molecule has 1 rings (SSSR count). The summed E-state index contributed by atoms with van der Waals surface area (Å²) in [5, 5.41) is 2.54. The topological polar surface area (TPSA) is 51.1 Å². The Labute approximate surface area is 110 Å². The van der Waals surface area contributed by atoms with Crippen molar-refractivity contribution in [3.05, 3.63) is 31.6 Å². The van der Waals surface area contributed by atoms with Gasteiger partial charge in [0.1, 0.15) is 0 Å². The number of hydrogen-bond acceptors (Lipinski definition) is 2. The third kappa shape index (κ3) is 3.75. The van der Waals surface area contributed by atoms with Crippen LogP contribution in [0.25, 0.3) is 0 Å². The Kier molecular flexibility index (Phi) is 5.21. The number of nitrogens with zero attached hydrogens (tertiary/aromatic N) is 1. The van der Waals surface area contributed by atoms with Gasteiger partial charge in [-0.2, -0.15) is 0 Å². The van der Waals surface area contributed by atoms with Gasteiger partial charge in [-0.3, -0.25) is 9.59 Å². The molecule has 16 heavy (non-hydrogen) atoms. The molecule has 1 N–H and O–H groups in total. The first-order valence-corrected chi connectivity index (χ1v) is 6.39. The number of rotatable bonds is 4. The number of nitrogens with one attached hydrogen (secondary N) is 1. The second-order valence-corrected chi connectivity index (χ2v) is 5.05. The molecule has 0 aromatic carbocycles. The van der Waals surface area contributed by atoms with Crippen molar-refractivity contribution in [2.24, 2.45) is 0 Å². The molecule has 1 heterocycles. The van der Waals surface area contributed by atoms with Gasteiger partial charge in [0.15, 0.2) is 0 Å². The van der Waals surface area contributed by atoms with E-state index in [9.17, 15) is 9.59 Å². The molecule has 0 aliphatic heterocycles. The molecule has 0 unspecified atom stereocenters. The molecule has 0 saturated carbocycles. The van der Waals surface area contributed by atoms with E-state index in [-0.39, 0.29) is 11.5 Å². The summed E-state index contributed by atoms with van der Waals surface area (Å²) in [6.45, 7) is 0.532. The van der Waals surface area contributed by atoms with Crippen LogP contribution in [0.1, 0.15) is 12.8 Å². The molecule has 0 saturated heterocycles. The second kappa shape index (κ2) is 6.20. The van der Waals surface area contributed by atoms with E-state index >= 15 is 0 Å². The van der Waals surface area contributed by atoms with E-state index < -0.39 is 0 Å². The fourth-order valence-corrected chi connectivity index (χ4v) is 2.52. The normalized spacial score (nSPS) is 10.2. The van der Waals surface area contributed by atoms with Crippen LogP contribution in [0.15, 0.2) is 26.0 Å². The van der Waals surface area contributed by atoms with E-state index in [0.29, 0.717) is 23.9 Å². The van der Waals surface area contributed by atoms with E-state index in [1.165, 1.54) is 0 Å². The Hall–Kier alpha value is -0.620. The quantitative estimate of drug-likeness (QED) is 0.900. The van der Waals surface area contributed by atoms with Crippen molar-refractivity contribution in [3.63, 3.8) is 0 Å². The minimum Gasteiger partial charge on any atom is -0.359 e. The number of pyridine rings is 1. The molecule has 88 valence electrons. The summed E-state index contributed by atoms with van der Waals surface area (Å²) in [5.41, 5.74) is -0.0832. The highest BCUT2D eigenvalue weighted by Gasteiger charge is 2.04. The highest BCUT2D eigenvalue weighted by Crippen LogP contribution is 2.13. The lowest BCUT2D eigenvalue weighted by atomic mass is 10.3. The fourth-order valence-electron chi connectivity index (χ4n) is 1.27. The van der Waals surface area contributed by atoms with E-state index in [2.05, 4.69) is 37.2 Å². The molecular formula is C10H12Br2N2O2. The molecule has 0 spiro atoms. The van der Waals surface area contributed by atoms with Gasteiger partial charge in [-0.05, 0) is 44.3 Å². The number of halogens is 2. The first-order valence-electron chi connectivity index (χ1n) is 4.80. The average molecular weight is 352 g/mol. The van der Waals surface area contributed by atoms with Crippen molar-refractivity contribution in [1.82, 2.24) is 9.88 Å². The lowest BCUT2D eigenvalue weighted by molar-refractivity contribution is -0.120. The second-order valence-electron chi connectivity index (χ2n) is 3.28. The van der Waals surface area contributed by atoms with Crippen molar-refractivity contribution in [3.8, 4) is 0 Å². The molecule has 0 fully saturated rings. The number of carbonyl (C=O) groups is 1. The maximum absolute atomic E-state index is 11.7. The summed E-state index contributed by atoms with van der Waals surface area (Å²) in [6, 6.07) is 1.71. The molecule has 1 amide bonds. The lowest BCUT2D eigenvalue weighted by Gasteiger charge is -2.06. The van der Waals surface area contributed by atoms with Gasteiger partial charge in [-0.1, -0.05) is 0 Å². The van der Waals surface area contributed by atoms with Gasteiger partial charge in [-0.25, -0.2) is 0 Å². The molecule has 6 heteroatoms. The van der Waals surface area contributed by atoms with Crippen LogP contribution in [0.5, 0.6) is 0 Å².